The smallest absolute Gasteiger partial charge is 0.338 e. The van der Waals surface area contributed by atoms with E-state index < -0.39 is 5.97 Å². The van der Waals surface area contributed by atoms with Crippen LogP contribution in [0.25, 0.3) is 0 Å². The van der Waals surface area contributed by atoms with Crippen LogP contribution < -0.4 is 16.0 Å². The van der Waals surface area contributed by atoms with Crippen LogP contribution in [-0.2, 0) is 22.5 Å². The van der Waals surface area contributed by atoms with E-state index in [-0.39, 0.29) is 30.6 Å². The van der Waals surface area contributed by atoms with Crippen molar-refractivity contribution in [3.63, 3.8) is 0 Å². The summed E-state index contributed by atoms with van der Waals surface area (Å²) >= 11 is 0. The van der Waals surface area contributed by atoms with Crippen LogP contribution in [0.3, 0.4) is 0 Å². The van der Waals surface area contributed by atoms with Crippen molar-refractivity contribution >= 4 is 17.9 Å². The van der Waals surface area contributed by atoms with E-state index >= 15 is 0 Å². The second kappa shape index (κ2) is 11.7. The van der Waals surface area contributed by atoms with Crippen molar-refractivity contribution in [2.75, 3.05) is 6.61 Å². The Morgan fingerprint density at radius 1 is 0.871 bits per heavy atom. The molecule has 7 heteroatoms. The van der Waals surface area contributed by atoms with E-state index in [1.807, 2.05) is 45.0 Å². The molecule has 3 amide bonds. The van der Waals surface area contributed by atoms with Crippen LogP contribution in [-0.4, -0.2) is 30.6 Å². The van der Waals surface area contributed by atoms with E-state index in [0.29, 0.717) is 12.1 Å². The van der Waals surface area contributed by atoms with Crippen molar-refractivity contribution in [2.24, 2.45) is 0 Å². The molecule has 1 atom stereocenters. The van der Waals surface area contributed by atoms with Crippen molar-refractivity contribution in [2.45, 2.75) is 52.7 Å². The van der Waals surface area contributed by atoms with Gasteiger partial charge in [-0.15, -0.1) is 0 Å². The first-order valence-electron chi connectivity index (χ1n) is 10.5. The van der Waals surface area contributed by atoms with Gasteiger partial charge in [0.1, 0.15) is 0 Å². The molecule has 0 saturated carbocycles. The number of hydrogen-bond donors (Lipinski definition) is 3. The fourth-order valence-corrected chi connectivity index (χ4v) is 2.88. The highest BCUT2D eigenvalue weighted by molar-refractivity contribution is 5.91. The average molecular weight is 426 g/mol. The Labute approximate surface area is 183 Å². The summed E-state index contributed by atoms with van der Waals surface area (Å²) in [5, 5.41) is 8.30. The molecule has 0 aliphatic carbocycles. The molecule has 0 aromatic heterocycles. The van der Waals surface area contributed by atoms with Gasteiger partial charge in [0.2, 0.25) is 0 Å². The zero-order valence-electron chi connectivity index (χ0n) is 18.5. The van der Waals surface area contributed by atoms with Crippen molar-refractivity contribution < 1.29 is 19.1 Å². The number of rotatable bonds is 9. The summed E-state index contributed by atoms with van der Waals surface area (Å²) in [5.41, 5.74) is 3.41. The Morgan fingerprint density at radius 2 is 1.48 bits per heavy atom. The van der Waals surface area contributed by atoms with Crippen LogP contribution in [0.5, 0.6) is 0 Å². The van der Waals surface area contributed by atoms with Crippen molar-refractivity contribution in [3.8, 4) is 0 Å². The Hall–Kier alpha value is -3.35. The summed E-state index contributed by atoms with van der Waals surface area (Å²) in [5.74, 6) is -0.940. The van der Waals surface area contributed by atoms with Crippen molar-refractivity contribution in [3.05, 3.63) is 70.8 Å². The maximum Gasteiger partial charge on any atom is 0.338 e. The van der Waals surface area contributed by atoms with E-state index in [1.54, 1.807) is 24.3 Å². The number of ether oxygens (including phenoxy) is 1. The highest BCUT2D eigenvalue weighted by Crippen LogP contribution is 2.14. The molecule has 0 aliphatic rings. The van der Waals surface area contributed by atoms with E-state index in [9.17, 15) is 14.4 Å². The second-order valence-electron chi connectivity index (χ2n) is 7.64. The third kappa shape index (κ3) is 8.12. The predicted octanol–water partition coefficient (Wildman–Crippen LogP) is 3.49. The van der Waals surface area contributed by atoms with Gasteiger partial charge in [0.25, 0.3) is 5.91 Å². The minimum atomic E-state index is -0.577. The second-order valence-corrected chi connectivity index (χ2v) is 7.64. The van der Waals surface area contributed by atoms with Crippen LogP contribution in [0.1, 0.15) is 60.8 Å². The normalized spacial score (nSPS) is 11.5. The SMILES string of the molecule is CCc1ccc([C@@H](C)NC(=O)COC(=O)c2ccc(CNC(=O)NC(C)C)cc2)cc1. The van der Waals surface area contributed by atoms with Crippen molar-refractivity contribution in [1.82, 2.24) is 16.0 Å². The average Bonchev–Trinajstić information content (AvgIpc) is 2.76. The standard InChI is InChI=1S/C24H31N3O4/c1-5-18-6-10-20(11-7-18)17(4)27-22(28)15-31-23(29)21-12-8-19(9-13-21)14-25-24(30)26-16(2)3/h6-13,16-17H,5,14-15H2,1-4H3,(H,27,28)(H2,25,26,30)/t17-/m1/s1. The van der Waals surface area contributed by atoms with Gasteiger partial charge in [-0.3, -0.25) is 4.79 Å². The van der Waals surface area contributed by atoms with Gasteiger partial charge < -0.3 is 20.7 Å². The molecule has 0 fully saturated rings. The number of carbonyl (C=O) groups is 3. The molecule has 0 bridgehead atoms. The molecule has 2 aromatic carbocycles. The fourth-order valence-electron chi connectivity index (χ4n) is 2.88. The highest BCUT2D eigenvalue weighted by Gasteiger charge is 2.13. The molecule has 3 N–H and O–H groups in total. The zero-order valence-corrected chi connectivity index (χ0v) is 18.5. The van der Waals surface area contributed by atoms with Crippen LogP contribution in [0.4, 0.5) is 4.79 Å². The van der Waals surface area contributed by atoms with Gasteiger partial charge in [-0.2, -0.15) is 0 Å². The van der Waals surface area contributed by atoms with Crippen LogP contribution >= 0.6 is 0 Å². The minimum absolute atomic E-state index is 0.0546. The van der Waals surface area contributed by atoms with Gasteiger partial charge in [-0.05, 0) is 56.0 Å². The summed E-state index contributed by atoms with van der Waals surface area (Å²) < 4.78 is 5.11. The maximum atomic E-state index is 12.2. The van der Waals surface area contributed by atoms with Gasteiger partial charge in [0.15, 0.2) is 6.61 Å². The highest BCUT2D eigenvalue weighted by atomic mass is 16.5. The molecule has 0 radical (unpaired) electrons. The molecule has 0 heterocycles. The monoisotopic (exact) mass is 425 g/mol. The molecule has 0 saturated heterocycles. The molecule has 0 spiro atoms. The lowest BCUT2D eigenvalue weighted by molar-refractivity contribution is -0.124. The molecule has 0 unspecified atom stereocenters. The number of esters is 1. The first kappa shape index (κ1) is 23.9. The summed E-state index contributed by atoms with van der Waals surface area (Å²) in [6.07, 6.45) is 0.960. The number of hydrogen-bond acceptors (Lipinski definition) is 4. The lowest BCUT2D eigenvalue weighted by atomic mass is 10.1. The largest absolute Gasteiger partial charge is 0.452 e. The summed E-state index contributed by atoms with van der Waals surface area (Å²) in [4.78, 5) is 35.9. The Kier molecular flexibility index (Phi) is 9.06. The summed E-state index contributed by atoms with van der Waals surface area (Å²) in [6.45, 7) is 7.72. The quantitative estimate of drug-likeness (QED) is 0.536. The van der Waals surface area contributed by atoms with E-state index in [4.69, 9.17) is 4.74 Å². The Bertz CT molecular complexity index is 877. The third-order valence-corrected chi connectivity index (χ3v) is 4.66. The zero-order chi connectivity index (χ0) is 22.8. The van der Waals surface area contributed by atoms with Crippen molar-refractivity contribution in [1.29, 1.82) is 0 Å². The van der Waals surface area contributed by atoms with Crippen LogP contribution in [0.2, 0.25) is 0 Å². The first-order valence-corrected chi connectivity index (χ1v) is 10.5. The van der Waals surface area contributed by atoms with Crippen LogP contribution in [0, 0.1) is 0 Å². The fraction of sp³-hybridized carbons (Fsp3) is 0.375. The van der Waals surface area contributed by atoms with E-state index in [2.05, 4.69) is 22.9 Å². The number of carbonyl (C=O) groups excluding carboxylic acids is 3. The summed E-state index contributed by atoms with van der Waals surface area (Å²) in [7, 11) is 0. The maximum absolute atomic E-state index is 12.2. The molecular weight excluding hydrogens is 394 g/mol. The lowest BCUT2D eigenvalue weighted by Gasteiger charge is -2.15. The van der Waals surface area contributed by atoms with Gasteiger partial charge >= 0.3 is 12.0 Å². The minimum Gasteiger partial charge on any atom is -0.452 e. The molecule has 7 nitrogen and oxygen atoms in total. The van der Waals surface area contributed by atoms with Gasteiger partial charge in [-0.25, -0.2) is 9.59 Å². The third-order valence-electron chi connectivity index (χ3n) is 4.66. The Morgan fingerprint density at radius 3 is 2.06 bits per heavy atom. The number of aryl methyl sites for hydroxylation is 1. The van der Waals surface area contributed by atoms with E-state index in [0.717, 1.165) is 17.5 Å². The van der Waals surface area contributed by atoms with Crippen LogP contribution in [0.15, 0.2) is 48.5 Å². The molecule has 2 rings (SSSR count). The number of benzene rings is 2. The van der Waals surface area contributed by atoms with Gasteiger partial charge in [-0.1, -0.05) is 43.3 Å². The predicted molar refractivity (Wildman–Crippen MR) is 120 cm³/mol. The number of amides is 3. The van der Waals surface area contributed by atoms with E-state index in [1.165, 1.54) is 5.56 Å². The summed E-state index contributed by atoms with van der Waals surface area (Å²) in [6, 6.07) is 14.3. The lowest BCUT2D eigenvalue weighted by Crippen LogP contribution is -2.39. The molecular formula is C24H31N3O4. The molecule has 2 aromatic rings. The molecule has 0 aliphatic heterocycles. The Balaban J connectivity index is 1.78. The molecule has 166 valence electrons. The molecule has 31 heavy (non-hydrogen) atoms. The van der Waals surface area contributed by atoms with Gasteiger partial charge in [0, 0.05) is 12.6 Å². The number of urea groups is 1. The van der Waals surface area contributed by atoms with Gasteiger partial charge in [0.05, 0.1) is 11.6 Å². The first-order chi connectivity index (χ1) is 14.8. The number of nitrogens with one attached hydrogen (secondary N) is 3. The topological polar surface area (TPSA) is 96.5 Å².